The Balaban J connectivity index is 2.13. The molecule has 1 aliphatic heterocycles. The van der Waals surface area contributed by atoms with Gasteiger partial charge < -0.3 is 4.90 Å². The predicted octanol–water partition coefficient (Wildman–Crippen LogP) is 2.39. The van der Waals surface area contributed by atoms with E-state index in [4.69, 9.17) is 0 Å². The molecule has 3 aromatic rings. The molecular formula is C19H19N3O2S. The lowest BCUT2D eigenvalue weighted by Crippen LogP contribution is -2.38. The predicted molar refractivity (Wildman–Crippen MR) is 102 cm³/mol. The molecular weight excluding hydrogens is 334 g/mol. The van der Waals surface area contributed by atoms with Crippen LogP contribution >= 0.6 is 11.3 Å². The van der Waals surface area contributed by atoms with Gasteiger partial charge in [0, 0.05) is 24.5 Å². The van der Waals surface area contributed by atoms with E-state index < -0.39 is 0 Å². The fourth-order valence-electron chi connectivity index (χ4n) is 3.43. The van der Waals surface area contributed by atoms with Crippen molar-refractivity contribution in [3.63, 3.8) is 0 Å². The quantitative estimate of drug-likeness (QED) is 0.679. The second kappa shape index (κ2) is 6.13. The Bertz CT molecular complexity index is 1080. The van der Waals surface area contributed by atoms with Crippen LogP contribution in [0.25, 0.3) is 15.9 Å². The van der Waals surface area contributed by atoms with E-state index in [1.807, 2.05) is 18.2 Å². The summed E-state index contributed by atoms with van der Waals surface area (Å²) in [5, 5.41) is 0.693. The first kappa shape index (κ1) is 16.1. The number of para-hydroxylation sites is 1. The summed E-state index contributed by atoms with van der Waals surface area (Å²) in [5.41, 5.74) is 1.18. The van der Waals surface area contributed by atoms with Crippen molar-refractivity contribution in [1.29, 1.82) is 0 Å². The summed E-state index contributed by atoms with van der Waals surface area (Å²) < 4.78 is 2.96. The van der Waals surface area contributed by atoms with Gasteiger partial charge in [-0.1, -0.05) is 24.3 Å². The maximum absolute atomic E-state index is 13.2. The molecule has 128 valence electrons. The number of aromatic nitrogens is 2. The summed E-state index contributed by atoms with van der Waals surface area (Å²) in [7, 11) is 2.08. The van der Waals surface area contributed by atoms with Crippen LogP contribution in [0.5, 0.6) is 0 Å². The first-order valence-electron chi connectivity index (χ1n) is 8.26. The number of fused-ring (bicyclic) bond motifs is 3. The van der Waals surface area contributed by atoms with E-state index in [2.05, 4.69) is 18.5 Å². The minimum atomic E-state index is -0.310. The number of nitrogens with zero attached hydrogens (tertiary/aromatic N) is 3. The molecule has 0 aliphatic carbocycles. The van der Waals surface area contributed by atoms with Gasteiger partial charge in [-0.2, -0.15) is 0 Å². The number of benzene rings is 1. The fraction of sp³-hybridized carbons (Fsp3) is 0.263. The molecule has 0 saturated carbocycles. The number of rotatable bonds is 3. The summed E-state index contributed by atoms with van der Waals surface area (Å²) in [4.78, 5) is 30.5. The van der Waals surface area contributed by atoms with Crippen LogP contribution in [0.2, 0.25) is 0 Å². The Hall–Kier alpha value is -2.44. The Kier molecular flexibility index (Phi) is 3.94. The highest BCUT2D eigenvalue weighted by atomic mass is 32.1. The zero-order valence-corrected chi connectivity index (χ0v) is 14.9. The van der Waals surface area contributed by atoms with Gasteiger partial charge in [-0.25, -0.2) is 9.36 Å². The lowest BCUT2D eigenvalue weighted by atomic mass is 10.1. The molecule has 1 aromatic carbocycles. The third-order valence-electron chi connectivity index (χ3n) is 4.64. The van der Waals surface area contributed by atoms with Crippen molar-refractivity contribution in [3.05, 3.63) is 74.3 Å². The van der Waals surface area contributed by atoms with E-state index in [9.17, 15) is 9.59 Å². The molecule has 0 atom stereocenters. The maximum atomic E-state index is 13.2. The summed E-state index contributed by atoms with van der Waals surface area (Å²) in [6.07, 6.45) is 2.54. The molecule has 0 amide bonds. The highest BCUT2D eigenvalue weighted by Gasteiger charge is 2.25. The van der Waals surface area contributed by atoms with Gasteiger partial charge in [0.25, 0.3) is 5.56 Å². The molecule has 0 radical (unpaired) electrons. The number of hydrogen-bond acceptors (Lipinski definition) is 4. The highest BCUT2D eigenvalue weighted by Crippen LogP contribution is 2.32. The SMILES string of the molecule is C=CCn1c(=O)n(-c2ccccc2)c(=O)c2c3c(sc21)CN(C)CC3. The second-order valence-electron chi connectivity index (χ2n) is 6.33. The minimum Gasteiger partial charge on any atom is -0.301 e. The molecule has 0 fully saturated rings. The first-order valence-corrected chi connectivity index (χ1v) is 9.08. The van der Waals surface area contributed by atoms with Crippen molar-refractivity contribution in [2.24, 2.45) is 0 Å². The van der Waals surface area contributed by atoms with Gasteiger partial charge in [-0.15, -0.1) is 17.9 Å². The van der Waals surface area contributed by atoms with Crippen LogP contribution in [-0.4, -0.2) is 27.6 Å². The smallest absolute Gasteiger partial charge is 0.301 e. The van der Waals surface area contributed by atoms with Crippen LogP contribution < -0.4 is 11.2 Å². The van der Waals surface area contributed by atoms with E-state index in [0.29, 0.717) is 17.6 Å². The maximum Gasteiger partial charge on any atom is 0.337 e. The zero-order valence-electron chi connectivity index (χ0n) is 14.1. The molecule has 0 N–H and O–H groups in total. The van der Waals surface area contributed by atoms with Crippen LogP contribution in [0.1, 0.15) is 10.4 Å². The normalized spacial score (nSPS) is 14.6. The van der Waals surface area contributed by atoms with Crippen molar-refractivity contribution in [2.75, 3.05) is 13.6 Å². The molecule has 5 nitrogen and oxygen atoms in total. The zero-order chi connectivity index (χ0) is 17.6. The fourth-order valence-corrected chi connectivity index (χ4v) is 4.85. The van der Waals surface area contributed by atoms with Gasteiger partial charge in [0.1, 0.15) is 4.83 Å². The van der Waals surface area contributed by atoms with Crippen molar-refractivity contribution >= 4 is 21.6 Å². The lowest BCUT2D eigenvalue weighted by Gasteiger charge is -2.21. The van der Waals surface area contributed by atoms with Gasteiger partial charge in [0.2, 0.25) is 0 Å². The van der Waals surface area contributed by atoms with Gasteiger partial charge >= 0.3 is 5.69 Å². The van der Waals surface area contributed by atoms with Crippen molar-refractivity contribution < 1.29 is 0 Å². The Labute approximate surface area is 149 Å². The number of hydrogen-bond donors (Lipinski definition) is 0. The molecule has 0 unspecified atom stereocenters. The Morgan fingerprint density at radius 2 is 2.00 bits per heavy atom. The second-order valence-corrected chi connectivity index (χ2v) is 7.41. The number of thiophene rings is 1. The average molecular weight is 353 g/mol. The Morgan fingerprint density at radius 3 is 2.72 bits per heavy atom. The minimum absolute atomic E-state index is 0.214. The summed E-state index contributed by atoms with van der Waals surface area (Å²) in [6, 6.07) is 9.12. The van der Waals surface area contributed by atoms with E-state index in [-0.39, 0.29) is 11.2 Å². The van der Waals surface area contributed by atoms with Crippen LogP contribution in [0, 0.1) is 0 Å². The van der Waals surface area contributed by atoms with Crippen LogP contribution in [-0.2, 0) is 19.5 Å². The first-order chi connectivity index (χ1) is 12.1. The number of allylic oxidation sites excluding steroid dienone is 1. The third-order valence-corrected chi connectivity index (χ3v) is 5.88. The van der Waals surface area contributed by atoms with Gasteiger partial charge in [-0.05, 0) is 31.2 Å². The van der Waals surface area contributed by atoms with Crippen LogP contribution in [0.4, 0.5) is 0 Å². The molecule has 6 heteroatoms. The van der Waals surface area contributed by atoms with Crippen molar-refractivity contribution in [1.82, 2.24) is 14.0 Å². The monoisotopic (exact) mass is 353 g/mol. The standard InChI is InChI=1S/C19H19N3O2S/c1-3-10-21-18-16(14-9-11-20(2)12-15(14)25-18)17(23)22(19(21)24)13-7-5-4-6-8-13/h3-8H,1,9-12H2,2H3. The van der Waals surface area contributed by atoms with E-state index in [1.54, 1.807) is 34.1 Å². The molecule has 0 saturated heterocycles. The van der Waals surface area contributed by atoms with Gasteiger partial charge in [0.05, 0.1) is 11.1 Å². The van der Waals surface area contributed by atoms with Gasteiger partial charge in [0.15, 0.2) is 0 Å². The summed E-state index contributed by atoms with van der Waals surface area (Å²) in [6.45, 7) is 5.90. The topological polar surface area (TPSA) is 47.2 Å². The highest BCUT2D eigenvalue weighted by molar-refractivity contribution is 7.18. The van der Waals surface area contributed by atoms with Crippen LogP contribution in [0.15, 0.2) is 52.6 Å². The van der Waals surface area contributed by atoms with Crippen LogP contribution in [0.3, 0.4) is 0 Å². The molecule has 4 rings (SSSR count). The van der Waals surface area contributed by atoms with Gasteiger partial charge in [-0.3, -0.25) is 9.36 Å². The van der Waals surface area contributed by atoms with E-state index in [1.165, 1.54) is 9.44 Å². The third kappa shape index (κ3) is 2.49. The molecule has 25 heavy (non-hydrogen) atoms. The molecule has 3 heterocycles. The Morgan fingerprint density at radius 1 is 1.24 bits per heavy atom. The molecule has 0 spiro atoms. The van der Waals surface area contributed by atoms with E-state index >= 15 is 0 Å². The summed E-state index contributed by atoms with van der Waals surface area (Å²) in [5.74, 6) is 0. The lowest BCUT2D eigenvalue weighted by molar-refractivity contribution is 0.318. The molecule has 2 aromatic heterocycles. The molecule has 1 aliphatic rings. The van der Waals surface area contributed by atoms with Crippen molar-refractivity contribution in [2.45, 2.75) is 19.5 Å². The summed E-state index contributed by atoms with van der Waals surface area (Å²) >= 11 is 1.56. The van der Waals surface area contributed by atoms with Crippen molar-refractivity contribution in [3.8, 4) is 5.69 Å². The van der Waals surface area contributed by atoms with E-state index in [0.717, 1.165) is 29.9 Å². The number of likely N-dealkylation sites (N-methyl/N-ethyl adjacent to an activating group) is 1. The average Bonchev–Trinajstić information content (AvgIpc) is 2.98. The molecule has 0 bridgehead atoms. The largest absolute Gasteiger partial charge is 0.337 e.